The highest BCUT2D eigenvalue weighted by molar-refractivity contribution is 6.30. The number of aromatic nitrogens is 2. The summed E-state index contributed by atoms with van der Waals surface area (Å²) in [7, 11) is 0. The normalized spacial score (nSPS) is 20.4. The van der Waals surface area contributed by atoms with Crippen LogP contribution in [0.1, 0.15) is 49.8 Å². The zero-order chi connectivity index (χ0) is 12.4. The van der Waals surface area contributed by atoms with E-state index in [1.807, 2.05) is 0 Å². The van der Waals surface area contributed by atoms with Gasteiger partial charge in [-0.2, -0.15) is 0 Å². The molecule has 0 saturated carbocycles. The van der Waals surface area contributed by atoms with E-state index in [4.69, 9.17) is 16.6 Å². The lowest BCUT2D eigenvalue weighted by molar-refractivity contribution is 0.655. The number of hydrogen-bond donors (Lipinski definition) is 0. The molecule has 3 nitrogen and oxygen atoms in total. The molecule has 0 N–H and O–H groups in total. The minimum atomic E-state index is 0.693. The van der Waals surface area contributed by atoms with E-state index in [1.165, 1.54) is 49.8 Å². The number of nitrogens with zero attached hydrogens (tertiary/aromatic N) is 3. The third kappa shape index (κ3) is 2.46. The second kappa shape index (κ2) is 5.43. The SMILES string of the molecule is Clc1nc(N2CCCCCC2)nc2c1CCCC2. The number of hydrogen-bond acceptors (Lipinski definition) is 3. The average Bonchev–Trinajstić information content (AvgIpc) is 2.67. The van der Waals surface area contributed by atoms with Crippen molar-refractivity contribution >= 4 is 17.5 Å². The lowest BCUT2D eigenvalue weighted by atomic mass is 9.97. The van der Waals surface area contributed by atoms with Gasteiger partial charge in [0, 0.05) is 18.7 Å². The van der Waals surface area contributed by atoms with Crippen molar-refractivity contribution < 1.29 is 0 Å². The summed E-state index contributed by atoms with van der Waals surface area (Å²) < 4.78 is 0. The molecule has 0 radical (unpaired) electrons. The number of aryl methyl sites for hydroxylation is 1. The first-order valence-corrected chi connectivity index (χ1v) is 7.52. The Kier molecular flexibility index (Phi) is 3.69. The van der Waals surface area contributed by atoms with Gasteiger partial charge >= 0.3 is 0 Å². The van der Waals surface area contributed by atoms with Crippen molar-refractivity contribution in [1.82, 2.24) is 9.97 Å². The monoisotopic (exact) mass is 265 g/mol. The summed E-state index contributed by atoms with van der Waals surface area (Å²) in [6.07, 6.45) is 9.73. The first kappa shape index (κ1) is 12.2. The van der Waals surface area contributed by atoms with Gasteiger partial charge in [0.15, 0.2) is 0 Å². The fraction of sp³-hybridized carbons (Fsp3) is 0.714. The van der Waals surface area contributed by atoms with Gasteiger partial charge in [-0.15, -0.1) is 0 Å². The molecule has 0 amide bonds. The molecule has 2 aliphatic rings. The first-order valence-electron chi connectivity index (χ1n) is 7.15. The van der Waals surface area contributed by atoms with E-state index in [9.17, 15) is 0 Å². The molecule has 1 saturated heterocycles. The van der Waals surface area contributed by atoms with Crippen LogP contribution in [0.4, 0.5) is 5.95 Å². The molecular formula is C14H20ClN3. The Balaban J connectivity index is 1.89. The molecule has 1 aliphatic carbocycles. The smallest absolute Gasteiger partial charge is 0.227 e. The van der Waals surface area contributed by atoms with E-state index >= 15 is 0 Å². The van der Waals surface area contributed by atoms with Crippen molar-refractivity contribution in [2.75, 3.05) is 18.0 Å². The molecule has 0 unspecified atom stereocenters. The van der Waals surface area contributed by atoms with Gasteiger partial charge in [0.25, 0.3) is 0 Å². The van der Waals surface area contributed by atoms with Gasteiger partial charge in [0.2, 0.25) is 5.95 Å². The van der Waals surface area contributed by atoms with Crippen LogP contribution in [0.3, 0.4) is 0 Å². The van der Waals surface area contributed by atoms with Crippen molar-refractivity contribution in [3.63, 3.8) is 0 Å². The summed E-state index contributed by atoms with van der Waals surface area (Å²) >= 11 is 6.33. The quantitative estimate of drug-likeness (QED) is 0.729. The molecule has 2 heterocycles. The van der Waals surface area contributed by atoms with Crippen LogP contribution in [0.15, 0.2) is 0 Å². The molecule has 18 heavy (non-hydrogen) atoms. The Morgan fingerprint density at radius 2 is 1.56 bits per heavy atom. The molecule has 0 atom stereocenters. The summed E-state index contributed by atoms with van der Waals surface area (Å²) in [4.78, 5) is 11.6. The minimum Gasteiger partial charge on any atom is -0.341 e. The Bertz CT molecular complexity index is 425. The average molecular weight is 266 g/mol. The predicted molar refractivity (Wildman–Crippen MR) is 74.4 cm³/mol. The highest BCUT2D eigenvalue weighted by atomic mass is 35.5. The Morgan fingerprint density at radius 3 is 2.33 bits per heavy atom. The third-order valence-corrected chi connectivity index (χ3v) is 4.32. The predicted octanol–water partition coefficient (Wildman–Crippen LogP) is 3.39. The van der Waals surface area contributed by atoms with E-state index in [1.54, 1.807) is 0 Å². The number of anilines is 1. The van der Waals surface area contributed by atoms with Crippen molar-refractivity contribution in [2.24, 2.45) is 0 Å². The zero-order valence-electron chi connectivity index (χ0n) is 10.8. The second-order valence-corrected chi connectivity index (χ2v) is 5.71. The maximum absolute atomic E-state index is 6.33. The van der Waals surface area contributed by atoms with E-state index in [0.29, 0.717) is 5.15 Å². The van der Waals surface area contributed by atoms with Gasteiger partial charge in [-0.1, -0.05) is 24.4 Å². The van der Waals surface area contributed by atoms with Gasteiger partial charge in [-0.05, 0) is 38.5 Å². The molecule has 1 aromatic heterocycles. The molecule has 1 aliphatic heterocycles. The van der Waals surface area contributed by atoms with Crippen LogP contribution >= 0.6 is 11.6 Å². The largest absolute Gasteiger partial charge is 0.341 e. The van der Waals surface area contributed by atoms with Crippen LogP contribution in [0, 0.1) is 0 Å². The van der Waals surface area contributed by atoms with Gasteiger partial charge < -0.3 is 4.90 Å². The van der Waals surface area contributed by atoms with E-state index in [-0.39, 0.29) is 0 Å². The molecule has 98 valence electrons. The highest BCUT2D eigenvalue weighted by Crippen LogP contribution is 2.28. The summed E-state index contributed by atoms with van der Waals surface area (Å²) in [5.74, 6) is 0.863. The maximum atomic E-state index is 6.33. The first-order chi connectivity index (χ1) is 8.84. The Hall–Kier alpha value is -0.830. The Labute approximate surface area is 114 Å². The van der Waals surface area contributed by atoms with Crippen LogP contribution in [-0.2, 0) is 12.8 Å². The lowest BCUT2D eigenvalue weighted by Gasteiger charge is -2.23. The van der Waals surface area contributed by atoms with E-state index in [0.717, 1.165) is 31.9 Å². The van der Waals surface area contributed by atoms with Crippen LogP contribution < -0.4 is 4.90 Å². The fourth-order valence-electron chi connectivity index (χ4n) is 2.95. The summed E-state index contributed by atoms with van der Waals surface area (Å²) in [5.41, 5.74) is 2.39. The number of rotatable bonds is 1. The maximum Gasteiger partial charge on any atom is 0.227 e. The van der Waals surface area contributed by atoms with Gasteiger partial charge in [-0.3, -0.25) is 0 Å². The minimum absolute atomic E-state index is 0.693. The lowest BCUT2D eigenvalue weighted by Crippen LogP contribution is -2.27. The Morgan fingerprint density at radius 1 is 0.833 bits per heavy atom. The molecule has 0 aromatic carbocycles. The van der Waals surface area contributed by atoms with Crippen LogP contribution in [0.25, 0.3) is 0 Å². The molecule has 0 spiro atoms. The highest BCUT2D eigenvalue weighted by Gasteiger charge is 2.19. The van der Waals surface area contributed by atoms with Crippen molar-refractivity contribution in [3.05, 3.63) is 16.4 Å². The number of fused-ring (bicyclic) bond motifs is 1. The van der Waals surface area contributed by atoms with E-state index < -0.39 is 0 Å². The van der Waals surface area contributed by atoms with Gasteiger partial charge in [0.05, 0.1) is 5.69 Å². The molecule has 0 bridgehead atoms. The summed E-state index contributed by atoms with van der Waals surface area (Å²) in [5, 5.41) is 0.693. The summed E-state index contributed by atoms with van der Waals surface area (Å²) in [6, 6.07) is 0. The fourth-order valence-corrected chi connectivity index (χ4v) is 3.23. The number of halogens is 1. The zero-order valence-corrected chi connectivity index (χ0v) is 11.5. The topological polar surface area (TPSA) is 29.0 Å². The molecule has 1 fully saturated rings. The van der Waals surface area contributed by atoms with Gasteiger partial charge in [-0.25, -0.2) is 9.97 Å². The standard InChI is InChI=1S/C14H20ClN3/c15-13-11-7-3-4-8-12(11)16-14(17-13)18-9-5-1-2-6-10-18/h1-10H2. The van der Waals surface area contributed by atoms with Crippen molar-refractivity contribution in [3.8, 4) is 0 Å². The van der Waals surface area contributed by atoms with Crippen LogP contribution in [-0.4, -0.2) is 23.1 Å². The molecule has 1 aromatic rings. The van der Waals surface area contributed by atoms with Crippen LogP contribution in [0.5, 0.6) is 0 Å². The van der Waals surface area contributed by atoms with Gasteiger partial charge in [0.1, 0.15) is 5.15 Å². The van der Waals surface area contributed by atoms with Crippen LogP contribution in [0.2, 0.25) is 5.15 Å². The molecule has 3 rings (SSSR count). The summed E-state index contributed by atoms with van der Waals surface area (Å²) in [6.45, 7) is 2.16. The molecular weight excluding hydrogens is 246 g/mol. The van der Waals surface area contributed by atoms with Crippen molar-refractivity contribution in [1.29, 1.82) is 0 Å². The van der Waals surface area contributed by atoms with Crippen molar-refractivity contribution in [2.45, 2.75) is 51.4 Å². The molecule has 4 heteroatoms. The third-order valence-electron chi connectivity index (χ3n) is 4.01. The van der Waals surface area contributed by atoms with E-state index in [2.05, 4.69) is 9.88 Å². The second-order valence-electron chi connectivity index (χ2n) is 5.35.